The van der Waals surface area contributed by atoms with E-state index >= 15 is 0 Å². The van der Waals surface area contributed by atoms with E-state index in [1.54, 1.807) is 44.2 Å². The SMILES string of the molecule is CC(C)C[C@H](NC(=O)[C@H](CC(C)C)NC(=O)[C@H](CC(C)C)NC(=O)[C@H](Cc1ccccc1)NC(=O)[C@@H](NC(=O)[C@@H](N)C(C)C)[C@@H](C)O)C(=O)N[C@@H](CS)C(=O)NCC(=O)N[C@@H](CCCN=C(N)N)C(=O)O. The molecule has 71 heavy (non-hydrogen) atoms. The van der Waals surface area contributed by atoms with Gasteiger partial charge in [0.15, 0.2) is 5.96 Å². The number of aliphatic carboxylic acids is 1. The van der Waals surface area contributed by atoms with Crippen molar-refractivity contribution in [1.29, 1.82) is 0 Å². The van der Waals surface area contributed by atoms with Crippen molar-refractivity contribution in [1.82, 2.24) is 42.5 Å². The van der Waals surface area contributed by atoms with Gasteiger partial charge in [0.25, 0.3) is 0 Å². The van der Waals surface area contributed by atoms with Gasteiger partial charge in [-0.05, 0) is 68.3 Å². The lowest BCUT2D eigenvalue weighted by Gasteiger charge is -2.29. The summed E-state index contributed by atoms with van der Waals surface area (Å²) in [6.07, 6.45) is -0.858. The van der Waals surface area contributed by atoms with E-state index in [0.717, 1.165) is 0 Å². The quantitative estimate of drug-likeness (QED) is 0.0166. The maximum Gasteiger partial charge on any atom is 0.326 e. The van der Waals surface area contributed by atoms with Crippen LogP contribution in [0.1, 0.15) is 100.0 Å². The molecular weight excluding hydrogens is 941 g/mol. The Labute approximate surface area is 422 Å². The number of hydrogen-bond donors (Lipinski definition) is 14. The fourth-order valence-electron chi connectivity index (χ4n) is 6.97. The van der Waals surface area contributed by atoms with E-state index in [0.29, 0.717) is 5.56 Å². The summed E-state index contributed by atoms with van der Waals surface area (Å²) < 4.78 is 0. The number of rotatable bonds is 32. The number of benzene rings is 1. The Morgan fingerprint density at radius 2 is 1.04 bits per heavy atom. The largest absolute Gasteiger partial charge is 0.480 e. The number of aliphatic imine (C=N–C) groups is 1. The Bertz CT molecular complexity index is 1950. The Kier molecular flexibility index (Phi) is 28.5. The number of guanidine groups is 1. The molecule has 0 heterocycles. The number of amides is 8. The van der Waals surface area contributed by atoms with Crippen LogP contribution in [-0.4, -0.2) is 143 Å². The van der Waals surface area contributed by atoms with Gasteiger partial charge in [-0.2, -0.15) is 12.6 Å². The minimum absolute atomic E-state index is 0.00341. The standard InChI is InChI=1S/C47H80N12O11S/c1-24(2)18-31(40(63)55-33(20-26(5)6)42(65)58-35(23-71)39(62)52-22-36(61)53-30(46(69)70)16-13-17-51-47(49)50)54-41(64)32(19-25(3)4)56-43(66)34(21-29-14-11-10-12-15-29)57-45(68)38(28(9)60)59-44(67)37(48)27(7)8/h10-12,14-15,24-28,30-35,37-38,60,71H,13,16-23,48H2,1-9H3,(H,52,62)(H,53,61)(H,54,64)(H,55,63)(H,56,66)(H,57,68)(H,58,65)(H,59,67)(H,69,70)(H4,49,50,51)/t28-,30+,31+,32+,33+,34+,35+,37+,38+/m1/s1. The average Bonchev–Trinajstić information content (AvgIpc) is 3.28. The molecular formula is C47H80N12O11S. The third kappa shape index (κ3) is 24.6. The van der Waals surface area contributed by atoms with Crippen molar-refractivity contribution in [3.05, 3.63) is 35.9 Å². The molecule has 0 aliphatic heterocycles. The van der Waals surface area contributed by atoms with Crippen molar-refractivity contribution in [2.45, 2.75) is 155 Å². The molecule has 1 aromatic rings. The number of aliphatic hydroxyl groups is 1. The van der Waals surface area contributed by atoms with Crippen molar-refractivity contribution in [2.24, 2.45) is 45.9 Å². The summed E-state index contributed by atoms with van der Waals surface area (Å²) in [5, 5.41) is 40.6. The molecule has 1 aromatic carbocycles. The second-order valence-corrected chi connectivity index (χ2v) is 19.6. The number of nitrogens with two attached hydrogens (primary N) is 3. The van der Waals surface area contributed by atoms with Gasteiger partial charge >= 0.3 is 5.97 Å². The highest BCUT2D eigenvalue weighted by Gasteiger charge is 2.36. The van der Waals surface area contributed by atoms with Gasteiger partial charge in [0, 0.05) is 18.7 Å². The predicted molar refractivity (Wildman–Crippen MR) is 271 cm³/mol. The summed E-state index contributed by atoms with van der Waals surface area (Å²) >= 11 is 4.20. The van der Waals surface area contributed by atoms with Gasteiger partial charge in [0.2, 0.25) is 47.3 Å². The Hall–Kier alpha value is -6.01. The number of thiol groups is 1. The normalized spacial score (nSPS) is 15.1. The molecule has 0 aliphatic carbocycles. The van der Waals surface area contributed by atoms with Crippen LogP contribution in [0, 0.1) is 23.7 Å². The molecule has 400 valence electrons. The zero-order valence-electron chi connectivity index (χ0n) is 42.5. The van der Waals surface area contributed by atoms with Gasteiger partial charge < -0.3 is 69.9 Å². The summed E-state index contributed by atoms with van der Waals surface area (Å²) in [7, 11) is 0. The van der Waals surface area contributed by atoms with Crippen LogP contribution in [0.15, 0.2) is 35.3 Å². The first-order valence-electron chi connectivity index (χ1n) is 23.9. The molecule has 0 spiro atoms. The minimum atomic E-state index is -1.48. The molecule has 0 aliphatic rings. The molecule has 16 N–H and O–H groups in total. The number of carboxylic acids is 1. The van der Waals surface area contributed by atoms with E-state index in [2.05, 4.69) is 60.2 Å². The zero-order valence-corrected chi connectivity index (χ0v) is 43.3. The van der Waals surface area contributed by atoms with E-state index in [1.807, 2.05) is 41.5 Å². The second-order valence-electron chi connectivity index (χ2n) is 19.2. The third-order valence-corrected chi connectivity index (χ3v) is 11.2. The van der Waals surface area contributed by atoms with E-state index in [1.165, 1.54) is 6.92 Å². The Morgan fingerprint density at radius 3 is 1.45 bits per heavy atom. The first-order chi connectivity index (χ1) is 33.2. The van der Waals surface area contributed by atoms with E-state index in [4.69, 9.17) is 17.2 Å². The second kappa shape index (κ2) is 32.1. The van der Waals surface area contributed by atoms with Crippen molar-refractivity contribution < 1.29 is 53.4 Å². The van der Waals surface area contributed by atoms with Crippen molar-refractivity contribution in [2.75, 3.05) is 18.8 Å². The van der Waals surface area contributed by atoms with Crippen molar-refractivity contribution in [3.8, 4) is 0 Å². The maximum absolute atomic E-state index is 14.2. The average molecular weight is 1020 g/mol. The van der Waals surface area contributed by atoms with Gasteiger partial charge in [0.1, 0.15) is 42.3 Å². The molecule has 1 rings (SSSR count). The van der Waals surface area contributed by atoms with Gasteiger partial charge in [-0.1, -0.05) is 85.7 Å². The number of nitrogens with one attached hydrogen (secondary N) is 8. The lowest BCUT2D eigenvalue weighted by molar-refractivity contribution is -0.142. The lowest BCUT2D eigenvalue weighted by Crippen LogP contribution is -2.61. The summed E-state index contributed by atoms with van der Waals surface area (Å²) in [4.78, 5) is 124. The molecule has 24 heteroatoms. The van der Waals surface area contributed by atoms with Crippen LogP contribution in [-0.2, 0) is 49.6 Å². The van der Waals surface area contributed by atoms with E-state index in [9.17, 15) is 53.4 Å². The van der Waals surface area contributed by atoms with Gasteiger partial charge in [-0.25, -0.2) is 4.79 Å². The first kappa shape index (κ1) is 63.0. The van der Waals surface area contributed by atoms with Crippen LogP contribution in [0.4, 0.5) is 0 Å². The summed E-state index contributed by atoms with van der Waals surface area (Å²) in [5.74, 6) is -8.61. The molecule has 0 radical (unpaired) electrons. The summed E-state index contributed by atoms with van der Waals surface area (Å²) in [5.41, 5.74) is 17.2. The summed E-state index contributed by atoms with van der Waals surface area (Å²) in [6.45, 7) is 15.2. The van der Waals surface area contributed by atoms with Crippen LogP contribution in [0.2, 0.25) is 0 Å². The molecule has 9 atom stereocenters. The molecule has 23 nitrogen and oxygen atoms in total. The summed E-state index contributed by atoms with van der Waals surface area (Å²) in [6, 6.07) is -1.28. The topological polar surface area (TPSA) is 381 Å². The van der Waals surface area contributed by atoms with Crippen LogP contribution in [0.3, 0.4) is 0 Å². The van der Waals surface area contributed by atoms with Crippen LogP contribution < -0.4 is 59.7 Å². The van der Waals surface area contributed by atoms with Gasteiger partial charge in [-0.15, -0.1) is 0 Å². The molecule has 8 amide bonds. The molecule has 0 saturated carbocycles. The Balaban J connectivity index is 3.31. The van der Waals surface area contributed by atoms with Crippen molar-refractivity contribution in [3.63, 3.8) is 0 Å². The van der Waals surface area contributed by atoms with E-state index < -0.39 is 114 Å². The number of hydrogen-bond acceptors (Lipinski definition) is 13. The highest BCUT2D eigenvalue weighted by molar-refractivity contribution is 7.80. The fourth-order valence-corrected chi connectivity index (χ4v) is 7.22. The van der Waals surface area contributed by atoms with E-state index in [-0.39, 0.29) is 80.5 Å². The number of carbonyl (C=O) groups excluding carboxylic acids is 8. The number of aliphatic hydroxyl groups excluding tert-OH is 1. The Morgan fingerprint density at radius 1 is 0.592 bits per heavy atom. The van der Waals surface area contributed by atoms with Gasteiger partial charge in [-0.3, -0.25) is 43.3 Å². The minimum Gasteiger partial charge on any atom is -0.480 e. The van der Waals surface area contributed by atoms with Crippen LogP contribution in [0.25, 0.3) is 0 Å². The monoisotopic (exact) mass is 1020 g/mol. The van der Waals surface area contributed by atoms with Gasteiger partial charge in [0.05, 0.1) is 18.7 Å². The third-order valence-electron chi connectivity index (χ3n) is 10.8. The lowest BCUT2D eigenvalue weighted by atomic mass is 9.98. The highest BCUT2D eigenvalue weighted by Crippen LogP contribution is 2.13. The molecule has 0 fully saturated rings. The smallest absolute Gasteiger partial charge is 0.326 e. The molecule has 0 saturated heterocycles. The molecule has 0 unspecified atom stereocenters. The maximum atomic E-state index is 14.2. The molecule has 0 aromatic heterocycles. The predicted octanol–water partition coefficient (Wildman–Crippen LogP) is -1.69. The molecule has 0 bridgehead atoms. The number of carboxylic acid groups (broad SMARTS) is 1. The number of carbonyl (C=O) groups is 9. The van der Waals surface area contributed by atoms with Crippen LogP contribution >= 0.6 is 12.6 Å². The first-order valence-corrected chi connectivity index (χ1v) is 24.6. The fraction of sp³-hybridized carbons (Fsp3) is 0.660. The van der Waals surface area contributed by atoms with Crippen molar-refractivity contribution >= 4 is 71.8 Å². The highest BCUT2D eigenvalue weighted by atomic mass is 32.1. The number of nitrogens with zero attached hydrogens (tertiary/aromatic N) is 1. The van der Waals surface area contributed by atoms with Crippen LogP contribution in [0.5, 0.6) is 0 Å². The zero-order chi connectivity index (χ0) is 54.1.